The Morgan fingerprint density at radius 3 is 2.62 bits per heavy atom. The van der Waals surface area contributed by atoms with Gasteiger partial charge < -0.3 is 10.2 Å². The summed E-state index contributed by atoms with van der Waals surface area (Å²) in [7, 11) is 0. The molecule has 2 aromatic carbocycles. The van der Waals surface area contributed by atoms with Crippen molar-refractivity contribution in [1.82, 2.24) is 4.90 Å². The highest BCUT2D eigenvalue weighted by Crippen LogP contribution is 2.34. The maximum Gasteiger partial charge on any atom is 0.335 e. The van der Waals surface area contributed by atoms with E-state index in [2.05, 4.69) is 4.99 Å². The number of aromatic carboxylic acids is 1. The molecule has 1 amide bonds. The SMILES string of the molecule is CCN1C(=O)/C(=C/c2ccc(O)cc2)SC1=Nc1cccc(C(=O)O)c1. The first-order valence-electron chi connectivity index (χ1n) is 7.90. The molecular weight excluding hydrogens is 352 g/mol. The minimum atomic E-state index is -1.03. The molecule has 2 aromatic rings. The monoisotopic (exact) mass is 368 g/mol. The Morgan fingerprint density at radius 2 is 1.96 bits per heavy atom. The number of phenols is 1. The average molecular weight is 368 g/mol. The number of likely N-dealkylation sites (N-methyl/N-ethyl adjacent to an activating group) is 1. The molecule has 0 atom stereocenters. The standard InChI is InChI=1S/C19H16N2O4S/c1-2-21-17(23)16(10-12-6-8-15(22)9-7-12)26-19(21)20-14-5-3-4-13(11-14)18(24)25/h3-11,22H,2H2,1H3,(H,24,25)/b16-10-,20-19?. The van der Waals surface area contributed by atoms with Crippen LogP contribution in [-0.4, -0.2) is 38.7 Å². The summed E-state index contributed by atoms with van der Waals surface area (Å²) in [5.74, 6) is -1.02. The molecule has 7 heteroatoms. The van der Waals surface area contributed by atoms with Gasteiger partial charge in [0, 0.05) is 6.54 Å². The molecule has 0 saturated carbocycles. The first-order valence-corrected chi connectivity index (χ1v) is 8.72. The lowest BCUT2D eigenvalue weighted by atomic mass is 10.2. The fourth-order valence-electron chi connectivity index (χ4n) is 2.41. The van der Waals surface area contributed by atoms with Gasteiger partial charge in [-0.05, 0) is 60.7 Å². The van der Waals surface area contributed by atoms with Gasteiger partial charge in [-0.2, -0.15) is 0 Å². The highest BCUT2D eigenvalue weighted by molar-refractivity contribution is 8.18. The van der Waals surface area contributed by atoms with Crippen molar-refractivity contribution in [3.05, 3.63) is 64.6 Å². The molecule has 0 bridgehead atoms. The molecule has 1 fully saturated rings. The predicted molar refractivity (Wildman–Crippen MR) is 102 cm³/mol. The number of hydrogen-bond acceptors (Lipinski definition) is 5. The number of carboxylic acid groups (broad SMARTS) is 1. The van der Waals surface area contributed by atoms with E-state index >= 15 is 0 Å². The molecule has 0 aliphatic carbocycles. The van der Waals surface area contributed by atoms with Gasteiger partial charge in [0.15, 0.2) is 5.17 Å². The average Bonchev–Trinajstić information content (AvgIpc) is 2.91. The molecule has 132 valence electrons. The lowest BCUT2D eigenvalue weighted by Gasteiger charge is -2.12. The quantitative estimate of drug-likeness (QED) is 0.803. The van der Waals surface area contributed by atoms with Gasteiger partial charge in [0.2, 0.25) is 0 Å². The van der Waals surface area contributed by atoms with Gasteiger partial charge in [-0.15, -0.1) is 0 Å². The number of amides is 1. The van der Waals surface area contributed by atoms with Gasteiger partial charge in [-0.3, -0.25) is 9.69 Å². The van der Waals surface area contributed by atoms with E-state index in [0.29, 0.717) is 22.3 Å². The second kappa shape index (κ2) is 7.45. The number of thioether (sulfide) groups is 1. The minimum absolute atomic E-state index is 0.143. The van der Waals surface area contributed by atoms with Crippen LogP contribution in [0.4, 0.5) is 5.69 Å². The van der Waals surface area contributed by atoms with E-state index in [1.165, 1.54) is 23.9 Å². The maximum absolute atomic E-state index is 12.6. The lowest BCUT2D eigenvalue weighted by Crippen LogP contribution is -2.28. The number of carbonyl (C=O) groups is 2. The first kappa shape index (κ1) is 17.8. The predicted octanol–water partition coefficient (Wildman–Crippen LogP) is 3.71. The van der Waals surface area contributed by atoms with Crippen molar-refractivity contribution in [3.63, 3.8) is 0 Å². The summed E-state index contributed by atoms with van der Waals surface area (Å²) in [6, 6.07) is 12.8. The molecule has 1 aliphatic rings. The van der Waals surface area contributed by atoms with Gasteiger partial charge in [-0.25, -0.2) is 9.79 Å². The summed E-state index contributed by atoms with van der Waals surface area (Å²) in [6.45, 7) is 2.31. The lowest BCUT2D eigenvalue weighted by molar-refractivity contribution is -0.122. The van der Waals surface area contributed by atoms with Crippen LogP contribution in [0.5, 0.6) is 5.75 Å². The zero-order chi connectivity index (χ0) is 18.7. The van der Waals surface area contributed by atoms with Gasteiger partial charge in [0.05, 0.1) is 16.2 Å². The van der Waals surface area contributed by atoms with Gasteiger partial charge in [0.25, 0.3) is 5.91 Å². The molecule has 2 N–H and O–H groups in total. The Bertz CT molecular complexity index is 919. The third kappa shape index (κ3) is 3.78. The number of carbonyl (C=O) groups excluding carboxylic acids is 1. The zero-order valence-corrected chi connectivity index (χ0v) is 14.7. The summed E-state index contributed by atoms with van der Waals surface area (Å²) in [4.78, 5) is 30.2. The molecule has 26 heavy (non-hydrogen) atoms. The van der Waals surface area contributed by atoms with E-state index in [0.717, 1.165) is 5.56 Å². The van der Waals surface area contributed by atoms with E-state index in [1.54, 1.807) is 47.4 Å². The molecule has 0 spiro atoms. The van der Waals surface area contributed by atoms with E-state index in [4.69, 9.17) is 5.11 Å². The summed E-state index contributed by atoms with van der Waals surface area (Å²) >= 11 is 1.24. The van der Waals surface area contributed by atoms with E-state index < -0.39 is 5.97 Å². The summed E-state index contributed by atoms with van der Waals surface area (Å²) in [6.07, 6.45) is 1.74. The smallest absolute Gasteiger partial charge is 0.335 e. The fraction of sp³-hybridized carbons (Fsp3) is 0.105. The summed E-state index contributed by atoms with van der Waals surface area (Å²) in [5, 5.41) is 19.0. The number of aromatic hydroxyl groups is 1. The molecule has 0 aromatic heterocycles. The van der Waals surface area contributed by atoms with Crippen LogP contribution < -0.4 is 0 Å². The van der Waals surface area contributed by atoms with Gasteiger partial charge in [-0.1, -0.05) is 18.2 Å². The molecule has 6 nitrogen and oxygen atoms in total. The third-order valence-corrected chi connectivity index (χ3v) is 4.72. The topological polar surface area (TPSA) is 90.2 Å². The Balaban J connectivity index is 1.93. The van der Waals surface area contributed by atoms with Crippen LogP contribution in [0.3, 0.4) is 0 Å². The van der Waals surface area contributed by atoms with Crippen LogP contribution in [0, 0.1) is 0 Å². The van der Waals surface area contributed by atoms with Gasteiger partial charge >= 0.3 is 5.97 Å². The normalized spacial score (nSPS) is 17.3. The molecule has 1 heterocycles. The molecule has 3 rings (SSSR count). The molecule has 0 unspecified atom stereocenters. The molecule has 0 radical (unpaired) electrons. The summed E-state index contributed by atoms with van der Waals surface area (Å²) in [5.41, 5.74) is 1.41. The maximum atomic E-state index is 12.6. The van der Waals surface area contributed by atoms with Gasteiger partial charge in [0.1, 0.15) is 5.75 Å². The van der Waals surface area contributed by atoms with Crippen LogP contribution in [0.2, 0.25) is 0 Å². The first-order chi connectivity index (χ1) is 12.5. The number of rotatable bonds is 4. The largest absolute Gasteiger partial charge is 0.508 e. The molecule has 1 saturated heterocycles. The minimum Gasteiger partial charge on any atom is -0.508 e. The highest BCUT2D eigenvalue weighted by Gasteiger charge is 2.32. The molecular formula is C19H16N2O4S. The van der Waals surface area contributed by atoms with Crippen molar-refractivity contribution in [3.8, 4) is 5.75 Å². The van der Waals surface area contributed by atoms with E-state index in [-0.39, 0.29) is 17.2 Å². The van der Waals surface area contributed by atoms with E-state index in [1.807, 2.05) is 6.92 Å². The Labute approximate surface area is 154 Å². The van der Waals surface area contributed by atoms with Crippen molar-refractivity contribution in [1.29, 1.82) is 0 Å². The third-order valence-electron chi connectivity index (χ3n) is 3.71. The van der Waals surface area contributed by atoms with E-state index in [9.17, 15) is 14.7 Å². The number of amidine groups is 1. The molecule has 1 aliphatic heterocycles. The Kier molecular flexibility index (Phi) is 5.09. The Morgan fingerprint density at radius 1 is 1.23 bits per heavy atom. The number of aliphatic imine (C=N–C) groups is 1. The zero-order valence-electron chi connectivity index (χ0n) is 13.9. The Hall–Kier alpha value is -3.06. The number of carboxylic acids is 1. The number of nitrogens with zero attached hydrogens (tertiary/aromatic N) is 2. The van der Waals surface area contributed by atoms with Crippen molar-refractivity contribution in [2.75, 3.05) is 6.54 Å². The number of phenolic OH excluding ortho intramolecular Hbond substituents is 1. The van der Waals surface area contributed by atoms with Crippen molar-refractivity contribution in [2.45, 2.75) is 6.92 Å². The highest BCUT2D eigenvalue weighted by atomic mass is 32.2. The van der Waals surface area contributed by atoms with Crippen LogP contribution in [0.25, 0.3) is 6.08 Å². The number of hydrogen-bond donors (Lipinski definition) is 2. The van der Waals surface area contributed by atoms with Crippen LogP contribution in [0.15, 0.2) is 58.4 Å². The van der Waals surface area contributed by atoms with Crippen molar-refractivity contribution in [2.24, 2.45) is 4.99 Å². The fourth-order valence-corrected chi connectivity index (χ4v) is 3.47. The van der Waals surface area contributed by atoms with Crippen LogP contribution in [-0.2, 0) is 4.79 Å². The van der Waals surface area contributed by atoms with Crippen molar-refractivity contribution < 1.29 is 19.8 Å². The van der Waals surface area contributed by atoms with Crippen molar-refractivity contribution >= 4 is 40.6 Å². The second-order valence-corrected chi connectivity index (χ2v) is 6.51. The second-order valence-electron chi connectivity index (χ2n) is 5.50. The van der Waals surface area contributed by atoms with Crippen LogP contribution >= 0.6 is 11.8 Å². The summed E-state index contributed by atoms with van der Waals surface area (Å²) < 4.78 is 0. The van der Waals surface area contributed by atoms with Crippen LogP contribution in [0.1, 0.15) is 22.8 Å². The number of benzene rings is 2.